The van der Waals surface area contributed by atoms with Gasteiger partial charge in [-0.15, -0.1) is 0 Å². The lowest BCUT2D eigenvalue weighted by atomic mass is 10.2. The summed E-state index contributed by atoms with van der Waals surface area (Å²) in [6.07, 6.45) is 0. The number of aromatic nitrogens is 2. The summed E-state index contributed by atoms with van der Waals surface area (Å²) in [7, 11) is 0. The number of nitrogens with zero attached hydrogens (tertiary/aromatic N) is 2. The molecule has 0 aliphatic heterocycles. The number of benzene rings is 1. The van der Waals surface area contributed by atoms with Gasteiger partial charge in [0.1, 0.15) is 0 Å². The lowest BCUT2D eigenvalue weighted by Gasteiger charge is -2.09. The van der Waals surface area contributed by atoms with Crippen LogP contribution in [0.3, 0.4) is 0 Å². The molecule has 1 amide bonds. The SMILES string of the molecule is Cc1nc2ccc(NC(=O)C(C)C)cc2nc1C. The average Bonchev–Trinajstić information content (AvgIpc) is 2.31. The molecule has 0 saturated heterocycles. The van der Waals surface area contributed by atoms with E-state index < -0.39 is 0 Å². The Morgan fingerprint density at radius 3 is 2.33 bits per heavy atom. The molecule has 2 rings (SSSR count). The molecule has 0 fully saturated rings. The molecule has 4 nitrogen and oxygen atoms in total. The quantitative estimate of drug-likeness (QED) is 0.882. The van der Waals surface area contributed by atoms with Crippen molar-refractivity contribution in [2.24, 2.45) is 5.92 Å². The van der Waals surface area contributed by atoms with Gasteiger partial charge in [-0.3, -0.25) is 4.79 Å². The molecule has 0 bridgehead atoms. The van der Waals surface area contributed by atoms with Crippen LogP contribution in [0.4, 0.5) is 5.69 Å². The predicted octanol–water partition coefficient (Wildman–Crippen LogP) is 2.84. The lowest BCUT2D eigenvalue weighted by Crippen LogP contribution is -2.17. The van der Waals surface area contributed by atoms with E-state index in [1.807, 2.05) is 45.9 Å². The minimum absolute atomic E-state index is 0.00569. The highest BCUT2D eigenvalue weighted by Crippen LogP contribution is 2.18. The van der Waals surface area contributed by atoms with Crippen LogP contribution < -0.4 is 5.32 Å². The normalized spacial score (nSPS) is 10.9. The number of hydrogen-bond donors (Lipinski definition) is 1. The molecule has 0 saturated carbocycles. The monoisotopic (exact) mass is 243 g/mol. The van der Waals surface area contributed by atoms with E-state index in [9.17, 15) is 4.79 Å². The van der Waals surface area contributed by atoms with E-state index in [0.29, 0.717) is 0 Å². The van der Waals surface area contributed by atoms with Crippen LogP contribution >= 0.6 is 0 Å². The zero-order valence-corrected chi connectivity index (χ0v) is 11.1. The molecule has 1 aromatic carbocycles. The van der Waals surface area contributed by atoms with Gasteiger partial charge in [-0.1, -0.05) is 13.8 Å². The molecular formula is C14H17N3O. The first-order valence-corrected chi connectivity index (χ1v) is 6.03. The van der Waals surface area contributed by atoms with Crippen molar-refractivity contribution >= 4 is 22.6 Å². The van der Waals surface area contributed by atoms with E-state index >= 15 is 0 Å². The van der Waals surface area contributed by atoms with E-state index in [1.54, 1.807) is 0 Å². The Bertz CT molecular complexity index is 605. The molecule has 1 aromatic heterocycles. The number of nitrogens with one attached hydrogen (secondary N) is 1. The molecule has 0 aliphatic rings. The Morgan fingerprint density at radius 2 is 1.72 bits per heavy atom. The minimum Gasteiger partial charge on any atom is -0.326 e. The Morgan fingerprint density at radius 1 is 1.11 bits per heavy atom. The van der Waals surface area contributed by atoms with E-state index in [4.69, 9.17) is 0 Å². The van der Waals surface area contributed by atoms with Crippen LogP contribution in [0.15, 0.2) is 18.2 Å². The molecule has 18 heavy (non-hydrogen) atoms. The van der Waals surface area contributed by atoms with Gasteiger partial charge < -0.3 is 5.32 Å². The second-order valence-corrected chi connectivity index (χ2v) is 4.74. The summed E-state index contributed by atoms with van der Waals surface area (Å²) in [6.45, 7) is 7.60. The van der Waals surface area contributed by atoms with Gasteiger partial charge in [0, 0.05) is 11.6 Å². The summed E-state index contributed by atoms with van der Waals surface area (Å²) >= 11 is 0. The summed E-state index contributed by atoms with van der Waals surface area (Å²) in [6, 6.07) is 5.59. The predicted molar refractivity (Wildman–Crippen MR) is 72.5 cm³/mol. The first-order chi connectivity index (χ1) is 8.47. The Hall–Kier alpha value is -1.97. The van der Waals surface area contributed by atoms with Gasteiger partial charge in [-0.05, 0) is 32.0 Å². The van der Waals surface area contributed by atoms with Gasteiger partial charge in [0.2, 0.25) is 5.91 Å². The Kier molecular flexibility index (Phi) is 3.28. The number of carbonyl (C=O) groups excluding carboxylic acids is 1. The van der Waals surface area contributed by atoms with E-state index in [2.05, 4.69) is 15.3 Å². The van der Waals surface area contributed by atoms with Crippen LogP contribution in [0.5, 0.6) is 0 Å². The number of carbonyl (C=O) groups is 1. The third-order valence-electron chi connectivity index (χ3n) is 2.87. The number of anilines is 1. The van der Waals surface area contributed by atoms with E-state index in [0.717, 1.165) is 28.1 Å². The summed E-state index contributed by atoms with van der Waals surface area (Å²) < 4.78 is 0. The van der Waals surface area contributed by atoms with Crippen molar-refractivity contribution in [3.05, 3.63) is 29.6 Å². The smallest absolute Gasteiger partial charge is 0.226 e. The maximum atomic E-state index is 11.6. The van der Waals surface area contributed by atoms with Crippen LogP contribution in [-0.2, 0) is 4.79 Å². The zero-order valence-electron chi connectivity index (χ0n) is 11.1. The van der Waals surface area contributed by atoms with Crippen molar-refractivity contribution in [2.45, 2.75) is 27.7 Å². The van der Waals surface area contributed by atoms with E-state index in [1.165, 1.54) is 0 Å². The molecule has 0 aliphatic carbocycles. The molecular weight excluding hydrogens is 226 g/mol. The maximum Gasteiger partial charge on any atom is 0.226 e. The van der Waals surface area contributed by atoms with Crippen molar-refractivity contribution in [3.8, 4) is 0 Å². The first kappa shape index (κ1) is 12.5. The van der Waals surface area contributed by atoms with Crippen LogP contribution in [0.25, 0.3) is 11.0 Å². The lowest BCUT2D eigenvalue weighted by molar-refractivity contribution is -0.118. The standard InChI is InChI=1S/C14H17N3O/c1-8(2)14(18)17-11-5-6-12-13(7-11)16-10(4)9(3)15-12/h5-8H,1-4H3,(H,17,18). The third kappa shape index (κ3) is 2.47. The molecule has 4 heteroatoms. The van der Waals surface area contributed by atoms with Crippen molar-refractivity contribution in [3.63, 3.8) is 0 Å². The summed E-state index contributed by atoms with van der Waals surface area (Å²) in [5, 5.41) is 2.86. The summed E-state index contributed by atoms with van der Waals surface area (Å²) in [4.78, 5) is 20.6. The molecule has 94 valence electrons. The molecule has 0 spiro atoms. The first-order valence-electron chi connectivity index (χ1n) is 6.03. The second kappa shape index (κ2) is 4.72. The van der Waals surface area contributed by atoms with Crippen LogP contribution in [0, 0.1) is 19.8 Å². The van der Waals surface area contributed by atoms with Crippen LogP contribution in [0.1, 0.15) is 25.2 Å². The van der Waals surface area contributed by atoms with Gasteiger partial charge in [0.15, 0.2) is 0 Å². The molecule has 0 radical (unpaired) electrons. The summed E-state index contributed by atoms with van der Waals surface area (Å²) in [5.74, 6) is -0.0299. The average molecular weight is 243 g/mol. The fourth-order valence-corrected chi connectivity index (χ4v) is 1.60. The zero-order chi connectivity index (χ0) is 13.3. The number of rotatable bonds is 2. The Labute approximate surface area is 106 Å². The van der Waals surface area contributed by atoms with Crippen molar-refractivity contribution in [2.75, 3.05) is 5.32 Å². The second-order valence-electron chi connectivity index (χ2n) is 4.74. The van der Waals surface area contributed by atoms with Crippen molar-refractivity contribution < 1.29 is 4.79 Å². The number of aryl methyl sites for hydroxylation is 2. The van der Waals surface area contributed by atoms with Gasteiger partial charge in [-0.25, -0.2) is 9.97 Å². The fraction of sp³-hybridized carbons (Fsp3) is 0.357. The van der Waals surface area contributed by atoms with Gasteiger partial charge >= 0.3 is 0 Å². The van der Waals surface area contributed by atoms with Crippen molar-refractivity contribution in [1.29, 1.82) is 0 Å². The number of fused-ring (bicyclic) bond motifs is 1. The van der Waals surface area contributed by atoms with Crippen LogP contribution in [-0.4, -0.2) is 15.9 Å². The van der Waals surface area contributed by atoms with Gasteiger partial charge in [0.05, 0.1) is 22.4 Å². The molecule has 1 N–H and O–H groups in total. The van der Waals surface area contributed by atoms with E-state index in [-0.39, 0.29) is 11.8 Å². The topological polar surface area (TPSA) is 54.9 Å². The number of hydrogen-bond acceptors (Lipinski definition) is 3. The van der Waals surface area contributed by atoms with Gasteiger partial charge in [-0.2, -0.15) is 0 Å². The summed E-state index contributed by atoms with van der Waals surface area (Å²) in [5.41, 5.74) is 4.26. The maximum absolute atomic E-state index is 11.6. The minimum atomic E-state index is -0.0356. The van der Waals surface area contributed by atoms with Crippen LogP contribution in [0.2, 0.25) is 0 Å². The molecule has 0 atom stereocenters. The highest BCUT2D eigenvalue weighted by Gasteiger charge is 2.08. The fourth-order valence-electron chi connectivity index (χ4n) is 1.60. The molecule has 0 unspecified atom stereocenters. The number of amides is 1. The molecule has 1 heterocycles. The highest BCUT2D eigenvalue weighted by atomic mass is 16.1. The Balaban J connectivity index is 2.38. The third-order valence-corrected chi connectivity index (χ3v) is 2.87. The molecule has 2 aromatic rings. The largest absolute Gasteiger partial charge is 0.326 e. The van der Waals surface area contributed by atoms with Gasteiger partial charge in [0.25, 0.3) is 0 Å². The van der Waals surface area contributed by atoms with Crippen molar-refractivity contribution in [1.82, 2.24) is 9.97 Å². The highest BCUT2D eigenvalue weighted by molar-refractivity contribution is 5.94.